The molecule has 0 N–H and O–H groups in total. The Morgan fingerprint density at radius 3 is 2.81 bits per heavy atom. The summed E-state index contributed by atoms with van der Waals surface area (Å²) >= 11 is 2.79. The van der Waals surface area contributed by atoms with E-state index in [4.69, 9.17) is 4.74 Å². The van der Waals surface area contributed by atoms with Crippen LogP contribution in [-0.4, -0.2) is 28.3 Å². The summed E-state index contributed by atoms with van der Waals surface area (Å²) in [5.41, 5.74) is 1.66. The molecular weight excluding hydrogens is 370 g/mol. The molecule has 0 spiro atoms. The van der Waals surface area contributed by atoms with Crippen molar-refractivity contribution in [3.05, 3.63) is 45.4 Å². The molecule has 6 nitrogen and oxygen atoms in total. The monoisotopic (exact) mass is 385 g/mol. The van der Waals surface area contributed by atoms with Gasteiger partial charge in [0.25, 0.3) is 0 Å². The second-order valence-corrected chi connectivity index (χ2v) is 7.60. The van der Waals surface area contributed by atoms with Crippen molar-refractivity contribution in [1.82, 2.24) is 9.97 Å². The molecule has 26 heavy (non-hydrogen) atoms. The van der Waals surface area contributed by atoms with Crippen molar-refractivity contribution in [2.24, 2.45) is 0 Å². The molecule has 0 aliphatic heterocycles. The van der Waals surface area contributed by atoms with Gasteiger partial charge in [-0.2, -0.15) is 5.26 Å². The highest BCUT2D eigenvalue weighted by Gasteiger charge is 2.24. The third kappa shape index (κ3) is 4.31. The number of hydrogen-bond donors (Lipinski definition) is 0. The first kappa shape index (κ1) is 18.2. The van der Waals surface area contributed by atoms with E-state index in [1.165, 1.54) is 22.7 Å². The number of rotatable bonds is 7. The van der Waals surface area contributed by atoms with Crippen molar-refractivity contribution in [2.45, 2.75) is 25.7 Å². The maximum absolute atomic E-state index is 12.1. The zero-order chi connectivity index (χ0) is 18.5. The predicted octanol–water partition coefficient (Wildman–Crippen LogP) is 3.41. The number of fused-ring (bicyclic) bond motifs is 1. The smallest absolute Gasteiger partial charge is 0.306 e. The number of hydrogen-bond acceptors (Lipinski definition) is 8. The number of thiazole rings is 2. The van der Waals surface area contributed by atoms with Gasteiger partial charge in [0.15, 0.2) is 18.3 Å². The lowest BCUT2D eigenvalue weighted by atomic mass is 10.1. The van der Waals surface area contributed by atoms with Crippen molar-refractivity contribution < 1.29 is 14.3 Å². The molecule has 1 atom stereocenters. The molecule has 0 unspecified atom stereocenters. The van der Waals surface area contributed by atoms with Gasteiger partial charge >= 0.3 is 5.97 Å². The molecular formula is C18H15N3O3S2. The van der Waals surface area contributed by atoms with Gasteiger partial charge < -0.3 is 4.74 Å². The molecule has 0 aliphatic rings. The Labute approximate surface area is 158 Å². The minimum atomic E-state index is -0.995. The normalized spacial score (nSPS) is 11.8. The number of carbonyl (C=O) groups is 2. The fourth-order valence-corrected chi connectivity index (χ4v) is 4.14. The van der Waals surface area contributed by atoms with Gasteiger partial charge in [0.05, 0.1) is 27.7 Å². The molecule has 3 rings (SSSR count). The molecule has 0 amide bonds. The van der Waals surface area contributed by atoms with E-state index < -0.39 is 24.3 Å². The summed E-state index contributed by atoms with van der Waals surface area (Å²) in [4.78, 5) is 32.6. The van der Waals surface area contributed by atoms with Gasteiger partial charge in [0.1, 0.15) is 5.01 Å². The number of benzene rings is 1. The van der Waals surface area contributed by atoms with Crippen LogP contribution in [0.25, 0.3) is 10.2 Å². The lowest BCUT2D eigenvalue weighted by molar-refractivity contribution is -0.148. The number of Topliss-reactive ketones (excluding diaryl/α,β-unsaturated/α-hetero) is 1. The van der Waals surface area contributed by atoms with Gasteiger partial charge in [0, 0.05) is 17.5 Å². The topological polar surface area (TPSA) is 92.9 Å². The second-order valence-electron chi connectivity index (χ2n) is 5.59. The summed E-state index contributed by atoms with van der Waals surface area (Å²) in [5.74, 6) is -1.94. The third-order valence-electron chi connectivity index (χ3n) is 3.59. The maximum atomic E-state index is 12.1. The molecule has 0 saturated carbocycles. The van der Waals surface area contributed by atoms with Crippen LogP contribution in [0.2, 0.25) is 0 Å². The lowest BCUT2D eigenvalue weighted by Crippen LogP contribution is -2.20. The first-order chi connectivity index (χ1) is 12.6. The van der Waals surface area contributed by atoms with Crippen molar-refractivity contribution in [1.29, 1.82) is 5.26 Å². The van der Waals surface area contributed by atoms with E-state index in [-0.39, 0.29) is 6.42 Å². The summed E-state index contributed by atoms with van der Waals surface area (Å²) in [6.45, 7) is 1.37. The number of ether oxygens (including phenoxy) is 1. The number of aromatic nitrogens is 2. The number of aryl methyl sites for hydroxylation is 2. The van der Waals surface area contributed by atoms with E-state index in [1.54, 1.807) is 12.3 Å². The Morgan fingerprint density at radius 2 is 2.12 bits per heavy atom. The van der Waals surface area contributed by atoms with Crippen molar-refractivity contribution in [2.75, 3.05) is 6.61 Å². The van der Waals surface area contributed by atoms with Gasteiger partial charge in [-0.15, -0.1) is 22.7 Å². The van der Waals surface area contributed by atoms with E-state index in [0.717, 1.165) is 20.9 Å². The average Bonchev–Trinajstić information content (AvgIpc) is 3.24. The Hall–Kier alpha value is -2.63. The van der Waals surface area contributed by atoms with Crippen LogP contribution in [0.15, 0.2) is 29.6 Å². The highest BCUT2D eigenvalue weighted by atomic mass is 32.1. The van der Waals surface area contributed by atoms with Gasteiger partial charge in [-0.1, -0.05) is 12.1 Å². The van der Waals surface area contributed by atoms with E-state index in [1.807, 2.05) is 30.3 Å². The van der Waals surface area contributed by atoms with E-state index in [0.29, 0.717) is 11.4 Å². The summed E-state index contributed by atoms with van der Waals surface area (Å²) in [6, 6.07) is 9.70. The van der Waals surface area contributed by atoms with Crippen LogP contribution in [0.1, 0.15) is 28.0 Å². The molecule has 1 aromatic carbocycles. The number of nitriles is 1. The maximum Gasteiger partial charge on any atom is 0.306 e. The summed E-state index contributed by atoms with van der Waals surface area (Å²) in [7, 11) is 0. The van der Waals surface area contributed by atoms with Crippen molar-refractivity contribution in [3.8, 4) is 6.07 Å². The van der Waals surface area contributed by atoms with Gasteiger partial charge in [-0.3, -0.25) is 9.59 Å². The van der Waals surface area contributed by atoms with Crippen LogP contribution < -0.4 is 0 Å². The quantitative estimate of drug-likeness (QED) is 0.579. The van der Waals surface area contributed by atoms with Crippen LogP contribution in [-0.2, 0) is 20.7 Å². The first-order valence-electron chi connectivity index (χ1n) is 7.91. The lowest BCUT2D eigenvalue weighted by Gasteiger charge is -2.06. The number of nitrogens with zero attached hydrogens (tertiary/aromatic N) is 3. The van der Waals surface area contributed by atoms with Gasteiger partial charge in [0.2, 0.25) is 0 Å². The predicted molar refractivity (Wildman–Crippen MR) is 99.1 cm³/mol. The molecule has 2 aromatic heterocycles. The summed E-state index contributed by atoms with van der Waals surface area (Å²) < 4.78 is 6.10. The number of ketones is 1. The molecule has 8 heteroatoms. The largest absolute Gasteiger partial charge is 0.458 e. The molecule has 0 radical (unpaired) electrons. The Kier molecular flexibility index (Phi) is 5.71. The highest BCUT2D eigenvalue weighted by molar-refractivity contribution is 7.18. The highest BCUT2D eigenvalue weighted by Crippen LogP contribution is 2.23. The number of esters is 1. The van der Waals surface area contributed by atoms with E-state index in [9.17, 15) is 14.9 Å². The second kappa shape index (κ2) is 8.17. The van der Waals surface area contributed by atoms with Crippen molar-refractivity contribution in [3.63, 3.8) is 0 Å². The standard InChI is InChI=1S/C18H15N3O3S2/c1-11-10-25-18(20-11)12(8-19)14(22)9-24-17(23)7-6-16-21-13-4-2-3-5-15(13)26-16/h2-5,10,12H,6-7,9H2,1H3/t12-/m1/s1. The van der Waals surface area contributed by atoms with Crippen LogP contribution in [0.4, 0.5) is 0 Å². The fraction of sp³-hybridized carbons (Fsp3) is 0.278. The Bertz CT molecular complexity index is 954. The first-order valence-corrected chi connectivity index (χ1v) is 9.61. The molecule has 0 saturated heterocycles. The molecule has 0 aliphatic carbocycles. The summed E-state index contributed by atoms with van der Waals surface area (Å²) in [5, 5.41) is 12.2. The summed E-state index contributed by atoms with van der Waals surface area (Å²) in [6.07, 6.45) is 0.598. The van der Waals surface area contributed by atoms with Crippen LogP contribution in [0.3, 0.4) is 0 Å². The molecule has 0 bridgehead atoms. The zero-order valence-electron chi connectivity index (χ0n) is 14.0. The third-order valence-corrected chi connectivity index (χ3v) is 5.71. The number of para-hydroxylation sites is 1. The average molecular weight is 385 g/mol. The zero-order valence-corrected chi connectivity index (χ0v) is 15.6. The van der Waals surface area contributed by atoms with E-state index in [2.05, 4.69) is 9.97 Å². The molecule has 3 aromatic rings. The molecule has 132 valence electrons. The van der Waals surface area contributed by atoms with Crippen LogP contribution >= 0.6 is 22.7 Å². The van der Waals surface area contributed by atoms with Crippen LogP contribution in [0, 0.1) is 18.3 Å². The molecule has 2 heterocycles. The Balaban J connectivity index is 1.50. The van der Waals surface area contributed by atoms with Gasteiger partial charge in [-0.05, 0) is 19.1 Å². The minimum Gasteiger partial charge on any atom is -0.458 e. The van der Waals surface area contributed by atoms with Crippen molar-refractivity contribution >= 4 is 44.6 Å². The number of carbonyl (C=O) groups excluding carboxylic acids is 2. The molecule has 0 fully saturated rings. The van der Waals surface area contributed by atoms with Gasteiger partial charge in [-0.25, -0.2) is 9.97 Å². The SMILES string of the molecule is Cc1csc([C@H](C#N)C(=O)COC(=O)CCc2nc3ccccc3s2)n1. The van der Waals surface area contributed by atoms with Crippen LogP contribution in [0.5, 0.6) is 0 Å². The Morgan fingerprint density at radius 1 is 1.31 bits per heavy atom. The minimum absolute atomic E-state index is 0.140. The fourth-order valence-electron chi connectivity index (χ4n) is 2.31. The van der Waals surface area contributed by atoms with E-state index >= 15 is 0 Å².